The number of amides is 3. The number of hydrogen-bond acceptors (Lipinski definition) is 5. The van der Waals surface area contributed by atoms with Gasteiger partial charge in [-0.3, -0.25) is 4.90 Å². The molecule has 0 unspecified atom stereocenters. The molecule has 2 N–H and O–H groups in total. The molecule has 38 heavy (non-hydrogen) atoms. The van der Waals surface area contributed by atoms with Crippen molar-refractivity contribution in [3.63, 3.8) is 0 Å². The van der Waals surface area contributed by atoms with Crippen molar-refractivity contribution >= 4 is 23.2 Å². The maximum absolute atomic E-state index is 13.4. The molecule has 3 aromatic rings. The number of hydrogen-bond donors (Lipinski definition) is 2. The average Bonchev–Trinajstić information content (AvgIpc) is 3.26. The number of aromatic nitrogens is 2. The molecule has 3 amide bonds. The summed E-state index contributed by atoms with van der Waals surface area (Å²) in [6.07, 6.45) is 3.57. The summed E-state index contributed by atoms with van der Waals surface area (Å²) in [6, 6.07) is 6.02. The van der Waals surface area contributed by atoms with Gasteiger partial charge in [-0.05, 0) is 53.3 Å². The van der Waals surface area contributed by atoms with Crippen LogP contribution in [-0.4, -0.2) is 94.5 Å². The number of H-pyrrole nitrogens is 1. The van der Waals surface area contributed by atoms with Gasteiger partial charge >= 0.3 is 12.1 Å². The Labute approximate surface area is 220 Å². The highest BCUT2D eigenvalue weighted by Crippen LogP contribution is 2.40. The van der Waals surface area contributed by atoms with Crippen LogP contribution in [0.5, 0.6) is 0 Å². The summed E-state index contributed by atoms with van der Waals surface area (Å²) in [5.74, 6) is 0. The molecule has 4 aliphatic rings. The number of carboxylic acid groups (broad SMARTS) is 1. The largest absolute Gasteiger partial charge is 0.465 e. The van der Waals surface area contributed by atoms with E-state index in [4.69, 9.17) is 9.47 Å². The number of aryl methyl sites for hydroxylation is 1. The number of carbonyl (C=O) groups is 2. The number of carbonyl (C=O) groups excluding carboxylic acids is 1. The van der Waals surface area contributed by atoms with E-state index in [1.807, 2.05) is 22.2 Å². The number of rotatable bonds is 2. The first-order valence-electron chi connectivity index (χ1n) is 13.2. The molecule has 0 radical (unpaired) electrons. The number of pyridine rings is 1. The number of nitrogens with zero attached hydrogens (tertiary/aromatic N) is 4. The number of benzene rings is 1. The van der Waals surface area contributed by atoms with Gasteiger partial charge in [-0.25, -0.2) is 14.6 Å². The Hall–Kier alpha value is -3.63. The first-order chi connectivity index (χ1) is 18.4. The van der Waals surface area contributed by atoms with E-state index < -0.39 is 12.1 Å². The van der Waals surface area contributed by atoms with Crippen LogP contribution < -0.4 is 0 Å². The molecule has 0 bridgehead atoms. The van der Waals surface area contributed by atoms with Crippen LogP contribution in [0, 0.1) is 12.3 Å². The zero-order valence-electron chi connectivity index (χ0n) is 21.4. The molecule has 2 aromatic heterocycles. The first kappa shape index (κ1) is 23.5. The maximum atomic E-state index is 13.4. The number of aromatic amines is 1. The predicted molar refractivity (Wildman–Crippen MR) is 139 cm³/mol. The molecule has 0 aliphatic carbocycles. The van der Waals surface area contributed by atoms with Gasteiger partial charge in [0.25, 0.3) is 0 Å². The molecular formula is C28H31N5O5. The standard InChI is InChI=1S/C28H31N5O5/c1-17-9-29-25-21(17)8-20(10-30-25)19-6-18-2-3-31(26(34)32-13-28(14-32)15-38-16-28)11-23(18)22(7-19)24-12-37-5-4-33(24)27(35)36/h6-10,24H,2-5,11-16H2,1H3,(H,29,30)(H,35,36)/t24-/m0/s1. The number of fused-ring (bicyclic) bond motifs is 2. The van der Waals surface area contributed by atoms with Gasteiger partial charge in [-0.15, -0.1) is 0 Å². The van der Waals surface area contributed by atoms with Gasteiger partial charge in [0.1, 0.15) is 5.65 Å². The van der Waals surface area contributed by atoms with Crippen LogP contribution in [0.3, 0.4) is 0 Å². The normalized spacial score (nSPS) is 22.2. The van der Waals surface area contributed by atoms with Crippen LogP contribution in [0.2, 0.25) is 0 Å². The molecule has 4 aliphatic heterocycles. The van der Waals surface area contributed by atoms with Crippen molar-refractivity contribution in [2.24, 2.45) is 5.41 Å². The summed E-state index contributed by atoms with van der Waals surface area (Å²) >= 11 is 0. The minimum atomic E-state index is -0.958. The van der Waals surface area contributed by atoms with E-state index in [1.54, 1.807) is 0 Å². The van der Waals surface area contributed by atoms with E-state index in [-0.39, 0.29) is 11.4 Å². The number of ether oxygens (including phenoxy) is 2. The fourth-order valence-corrected chi connectivity index (χ4v) is 6.38. The maximum Gasteiger partial charge on any atom is 0.407 e. The van der Waals surface area contributed by atoms with Crippen molar-refractivity contribution in [3.8, 4) is 11.1 Å². The second-order valence-electron chi connectivity index (χ2n) is 11.2. The Morgan fingerprint density at radius 1 is 1.11 bits per heavy atom. The minimum absolute atomic E-state index is 0.0516. The third-order valence-corrected chi connectivity index (χ3v) is 8.59. The van der Waals surface area contributed by atoms with E-state index in [1.165, 1.54) is 4.90 Å². The lowest BCUT2D eigenvalue weighted by atomic mass is 9.78. The molecule has 3 saturated heterocycles. The zero-order valence-corrected chi connectivity index (χ0v) is 21.4. The Bertz CT molecular complexity index is 1440. The van der Waals surface area contributed by atoms with Gasteiger partial charge in [0.2, 0.25) is 0 Å². The van der Waals surface area contributed by atoms with Crippen molar-refractivity contribution in [1.29, 1.82) is 0 Å². The van der Waals surface area contributed by atoms with Crippen LogP contribution >= 0.6 is 0 Å². The van der Waals surface area contributed by atoms with E-state index >= 15 is 0 Å². The molecule has 1 aromatic carbocycles. The molecule has 7 rings (SSSR count). The van der Waals surface area contributed by atoms with Crippen LogP contribution in [0.15, 0.2) is 30.6 Å². The molecule has 1 spiro atoms. The highest BCUT2D eigenvalue weighted by molar-refractivity contribution is 5.85. The van der Waals surface area contributed by atoms with Crippen molar-refractivity contribution < 1.29 is 24.2 Å². The Kier molecular flexibility index (Phi) is 5.38. The molecule has 6 heterocycles. The SMILES string of the molecule is Cc1c[nH]c2ncc(-c3cc4c(c([C@@H]5COCCN5C(=O)O)c3)CN(C(=O)N3CC5(COC5)C3)CC4)cc12. The van der Waals surface area contributed by atoms with Gasteiger partial charge in [0.05, 0.1) is 37.9 Å². The lowest BCUT2D eigenvalue weighted by Gasteiger charge is -2.55. The summed E-state index contributed by atoms with van der Waals surface area (Å²) in [4.78, 5) is 38.7. The molecule has 198 valence electrons. The van der Waals surface area contributed by atoms with Gasteiger partial charge in [0.15, 0.2) is 0 Å². The minimum Gasteiger partial charge on any atom is -0.465 e. The average molecular weight is 518 g/mol. The number of nitrogens with one attached hydrogen (secondary N) is 1. The van der Waals surface area contributed by atoms with E-state index in [9.17, 15) is 14.7 Å². The zero-order chi connectivity index (χ0) is 26.0. The van der Waals surface area contributed by atoms with Crippen LogP contribution in [0.4, 0.5) is 9.59 Å². The Balaban J connectivity index is 1.26. The van der Waals surface area contributed by atoms with Crippen LogP contribution in [0.25, 0.3) is 22.2 Å². The monoisotopic (exact) mass is 517 g/mol. The smallest absolute Gasteiger partial charge is 0.407 e. The summed E-state index contributed by atoms with van der Waals surface area (Å²) in [5, 5.41) is 11.1. The quantitative estimate of drug-likeness (QED) is 0.539. The molecule has 0 saturated carbocycles. The fourth-order valence-electron chi connectivity index (χ4n) is 6.38. The third kappa shape index (κ3) is 3.73. The lowest BCUT2D eigenvalue weighted by molar-refractivity contribution is -0.177. The molecule has 1 atom stereocenters. The highest BCUT2D eigenvalue weighted by atomic mass is 16.5. The van der Waals surface area contributed by atoms with Gasteiger partial charge < -0.3 is 29.4 Å². The number of urea groups is 1. The molecule has 10 heteroatoms. The van der Waals surface area contributed by atoms with E-state index in [0.717, 1.165) is 70.7 Å². The Morgan fingerprint density at radius 3 is 2.71 bits per heavy atom. The van der Waals surface area contributed by atoms with Crippen molar-refractivity contribution in [2.45, 2.75) is 25.9 Å². The second-order valence-corrected chi connectivity index (χ2v) is 11.2. The summed E-state index contributed by atoms with van der Waals surface area (Å²) < 4.78 is 11.1. The first-order valence-corrected chi connectivity index (χ1v) is 13.2. The van der Waals surface area contributed by atoms with Gasteiger partial charge in [-0.2, -0.15) is 0 Å². The fraction of sp³-hybridized carbons (Fsp3) is 0.464. The number of morpholine rings is 1. The molecule has 10 nitrogen and oxygen atoms in total. The van der Waals surface area contributed by atoms with Crippen LogP contribution in [0.1, 0.15) is 28.3 Å². The van der Waals surface area contributed by atoms with E-state index in [0.29, 0.717) is 39.3 Å². The highest BCUT2D eigenvalue weighted by Gasteiger charge is 2.51. The van der Waals surface area contributed by atoms with Crippen LogP contribution in [-0.2, 0) is 22.4 Å². The van der Waals surface area contributed by atoms with Crippen molar-refractivity contribution in [1.82, 2.24) is 24.7 Å². The third-order valence-electron chi connectivity index (χ3n) is 8.59. The van der Waals surface area contributed by atoms with Crippen molar-refractivity contribution in [3.05, 3.63) is 52.8 Å². The van der Waals surface area contributed by atoms with Crippen molar-refractivity contribution in [2.75, 3.05) is 52.6 Å². The van der Waals surface area contributed by atoms with Gasteiger partial charge in [0, 0.05) is 56.1 Å². The summed E-state index contributed by atoms with van der Waals surface area (Å²) in [7, 11) is 0. The summed E-state index contributed by atoms with van der Waals surface area (Å²) in [6.45, 7) is 7.10. The number of likely N-dealkylation sites (tertiary alicyclic amines) is 1. The predicted octanol–water partition coefficient (Wildman–Crippen LogP) is 3.40. The molecular weight excluding hydrogens is 486 g/mol. The van der Waals surface area contributed by atoms with E-state index in [2.05, 4.69) is 35.1 Å². The topological polar surface area (TPSA) is 111 Å². The summed E-state index contributed by atoms with van der Waals surface area (Å²) in [5.41, 5.74) is 7.21. The molecule has 3 fully saturated rings. The Morgan fingerprint density at radius 2 is 1.95 bits per heavy atom. The van der Waals surface area contributed by atoms with Gasteiger partial charge in [-0.1, -0.05) is 6.07 Å². The lowest BCUT2D eigenvalue weighted by Crippen LogP contribution is -2.68. The second kappa shape index (κ2) is 8.71.